The van der Waals surface area contributed by atoms with Gasteiger partial charge in [0.25, 0.3) is 0 Å². The van der Waals surface area contributed by atoms with Gasteiger partial charge in [0.2, 0.25) is 11.4 Å². The normalized spacial score (nSPS) is 46.1. The quantitative estimate of drug-likeness (QED) is 0.564. The second kappa shape index (κ2) is 3.82. The SMILES string of the molecule is C[C@H]1C(=O)N[C@@]2([C@H](O)[C@@H]3C=CCCC3)C(=O)O[C@@]12C. The van der Waals surface area contributed by atoms with Crippen LogP contribution in [0.15, 0.2) is 12.2 Å². The van der Waals surface area contributed by atoms with E-state index in [-0.39, 0.29) is 11.8 Å². The molecular formula is C14H19NO4. The first-order valence-corrected chi connectivity index (χ1v) is 6.83. The average Bonchev–Trinajstić information content (AvgIpc) is 2.57. The summed E-state index contributed by atoms with van der Waals surface area (Å²) in [5.74, 6) is -1.29. The summed E-state index contributed by atoms with van der Waals surface area (Å²) in [4.78, 5) is 23.9. The van der Waals surface area contributed by atoms with E-state index in [0.29, 0.717) is 0 Å². The Kier molecular flexibility index (Phi) is 2.55. The molecule has 0 bridgehead atoms. The molecule has 19 heavy (non-hydrogen) atoms. The minimum atomic E-state index is -1.27. The van der Waals surface area contributed by atoms with Crippen molar-refractivity contribution < 1.29 is 19.4 Å². The number of ether oxygens (including phenoxy) is 1. The number of carbonyl (C=O) groups is 2. The van der Waals surface area contributed by atoms with Gasteiger partial charge in [-0.25, -0.2) is 4.79 Å². The third-order valence-corrected chi connectivity index (χ3v) is 5.09. The summed E-state index contributed by atoms with van der Waals surface area (Å²) in [5, 5.41) is 13.4. The first-order chi connectivity index (χ1) is 8.93. The van der Waals surface area contributed by atoms with Crippen LogP contribution in [0.5, 0.6) is 0 Å². The summed E-state index contributed by atoms with van der Waals surface area (Å²) in [6.07, 6.45) is 5.86. The third-order valence-electron chi connectivity index (χ3n) is 5.09. The van der Waals surface area contributed by atoms with Crippen LogP contribution < -0.4 is 5.32 Å². The van der Waals surface area contributed by atoms with Gasteiger partial charge in [0, 0.05) is 5.92 Å². The van der Waals surface area contributed by atoms with Gasteiger partial charge in [-0.15, -0.1) is 0 Å². The van der Waals surface area contributed by atoms with Crippen LogP contribution in [0.4, 0.5) is 0 Å². The molecule has 0 spiro atoms. The molecule has 1 amide bonds. The van der Waals surface area contributed by atoms with Gasteiger partial charge in [0.15, 0.2) is 5.60 Å². The highest BCUT2D eigenvalue weighted by atomic mass is 16.6. The number of nitrogens with one attached hydrogen (secondary N) is 1. The Bertz CT molecular complexity index is 474. The van der Waals surface area contributed by atoms with Gasteiger partial charge in [0.1, 0.15) is 0 Å². The second-order valence-corrected chi connectivity index (χ2v) is 5.98. The Morgan fingerprint density at radius 1 is 1.53 bits per heavy atom. The van der Waals surface area contributed by atoms with Crippen LogP contribution in [0, 0.1) is 11.8 Å². The average molecular weight is 265 g/mol. The molecule has 5 nitrogen and oxygen atoms in total. The van der Waals surface area contributed by atoms with Crippen LogP contribution in [-0.2, 0) is 14.3 Å². The molecule has 0 aromatic heterocycles. The number of carbonyl (C=O) groups excluding carboxylic acids is 2. The van der Waals surface area contributed by atoms with Crippen molar-refractivity contribution in [3.63, 3.8) is 0 Å². The maximum Gasteiger partial charge on any atom is 0.339 e. The molecule has 0 aromatic carbocycles. The largest absolute Gasteiger partial charge is 0.453 e. The van der Waals surface area contributed by atoms with Crippen molar-refractivity contribution >= 4 is 11.9 Å². The van der Waals surface area contributed by atoms with E-state index in [1.807, 2.05) is 12.2 Å². The number of hydrogen-bond donors (Lipinski definition) is 2. The monoisotopic (exact) mass is 265 g/mol. The highest BCUT2D eigenvalue weighted by molar-refractivity contribution is 6.01. The third kappa shape index (κ3) is 1.34. The van der Waals surface area contributed by atoms with E-state index in [1.165, 1.54) is 0 Å². The van der Waals surface area contributed by atoms with Gasteiger partial charge in [-0.3, -0.25) is 4.79 Å². The van der Waals surface area contributed by atoms with E-state index in [4.69, 9.17) is 4.74 Å². The number of rotatable bonds is 2. The minimum Gasteiger partial charge on any atom is -0.453 e. The summed E-state index contributed by atoms with van der Waals surface area (Å²) in [6, 6.07) is 0. The predicted octanol–water partition coefficient (Wildman–Crippen LogP) is 0.524. The molecule has 2 fully saturated rings. The summed E-state index contributed by atoms with van der Waals surface area (Å²) in [5.41, 5.74) is -2.21. The van der Waals surface area contributed by atoms with Gasteiger partial charge < -0.3 is 15.2 Å². The summed E-state index contributed by atoms with van der Waals surface area (Å²) in [6.45, 7) is 3.46. The van der Waals surface area contributed by atoms with Gasteiger partial charge in [-0.1, -0.05) is 12.2 Å². The summed E-state index contributed by atoms with van der Waals surface area (Å²) < 4.78 is 5.24. The van der Waals surface area contributed by atoms with Crippen molar-refractivity contribution in [2.75, 3.05) is 0 Å². The van der Waals surface area contributed by atoms with Crippen LogP contribution in [-0.4, -0.2) is 34.2 Å². The van der Waals surface area contributed by atoms with Crippen molar-refractivity contribution in [2.45, 2.75) is 50.4 Å². The smallest absolute Gasteiger partial charge is 0.339 e. The lowest BCUT2D eigenvalue weighted by Gasteiger charge is -2.54. The number of esters is 1. The second-order valence-electron chi connectivity index (χ2n) is 5.98. The fraction of sp³-hybridized carbons (Fsp3) is 0.714. The lowest BCUT2D eigenvalue weighted by molar-refractivity contribution is -0.237. The maximum atomic E-state index is 12.0. The minimum absolute atomic E-state index is 0.105. The molecule has 0 unspecified atom stereocenters. The Balaban J connectivity index is 1.97. The van der Waals surface area contributed by atoms with Crippen LogP contribution >= 0.6 is 0 Å². The highest BCUT2D eigenvalue weighted by Gasteiger charge is 2.78. The first-order valence-electron chi connectivity index (χ1n) is 6.83. The first kappa shape index (κ1) is 12.7. The number of hydrogen-bond acceptors (Lipinski definition) is 4. The fourth-order valence-electron chi connectivity index (χ4n) is 3.58. The molecular weight excluding hydrogens is 246 g/mol. The zero-order valence-electron chi connectivity index (χ0n) is 11.2. The Morgan fingerprint density at radius 3 is 2.79 bits per heavy atom. The zero-order valence-corrected chi connectivity index (χ0v) is 11.2. The maximum absolute atomic E-state index is 12.0. The van der Waals surface area contributed by atoms with Gasteiger partial charge in [-0.05, 0) is 33.1 Å². The molecule has 2 aliphatic heterocycles. The van der Waals surface area contributed by atoms with Gasteiger partial charge in [-0.2, -0.15) is 0 Å². The van der Waals surface area contributed by atoms with Gasteiger partial charge >= 0.3 is 5.97 Å². The molecule has 1 aliphatic carbocycles. The van der Waals surface area contributed by atoms with E-state index >= 15 is 0 Å². The molecule has 5 atom stereocenters. The van der Waals surface area contributed by atoms with Crippen LogP contribution in [0.2, 0.25) is 0 Å². The van der Waals surface area contributed by atoms with E-state index < -0.39 is 29.1 Å². The van der Waals surface area contributed by atoms with Crippen molar-refractivity contribution in [2.24, 2.45) is 11.8 Å². The molecule has 2 heterocycles. The van der Waals surface area contributed by atoms with E-state index in [0.717, 1.165) is 19.3 Å². The van der Waals surface area contributed by atoms with Crippen LogP contribution in [0.1, 0.15) is 33.1 Å². The number of aliphatic hydroxyl groups excluding tert-OH is 1. The summed E-state index contributed by atoms with van der Waals surface area (Å²) >= 11 is 0. The molecule has 0 aromatic rings. The number of allylic oxidation sites excluding steroid dienone is 1. The molecule has 104 valence electrons. The zero-order chi connectivity index (χ0) is 13.8. The van der Waals surface area contributed by atoms with Crippen LogP contribution in [0.25, 0.3) is 0 Å². The number of fused-ring (bicyclic) bond motifs is 1. The van der Waals surface area contributed by atoms with E-state index in [1.54, 1.807) is 13.8 Å². The number of aliphatic hydroxyl groups is 1. The molecule has 0 saturated carbocycles. The Hall–Kier alpha value is -1.36. The lowest BCUT2D eigenvalue weighted by atomic mass is 9.65. The molecule has 3 rings (SSSR count). The fourth-order valence-corrected chi connectivity index (χ4v) is 3.58. The van der Waals surface area contributed by atoms with Crippen LogP contribution in [0.3, 0.4) is 0 Å². The topological polar surface area (TPSA) is 75.6 Å². The molecule has 2 saturated heterocycles. The van der Waals surface area contributed by atoms with E-state index in [9.17, 15) is 14.7 Å². The predicted molar refractivity (Wildman–Crippen MR) is 67.0 cm³/mol. The van der Waals surface area contributed by atoms with Crippen molar-refractivity contribution in [1.29, 1.82) is 0 Å². The number of amides is 1. The lowest BCUT2D eigenvalue weighted by Crippen LogP contribution is -2.79. The van der Waals surface area contributed by atoms with Crippen molar-refractivity contribution in [3.05, 3.63) is 12.2 Å². The van der Waals surface area contributed by atoms with Crippen molar-refractivity contribution in [3.8, 4) is 0 Å². The highest BCUT2D eigenvalue weighted by Crippen LogP contribution is 2.52. The molecule has 3 aliphatic rings. The Morgan fingerprint density at radius 2 is 2.26 bits per heavy atom. The molecule has 2 N–H and O–H groups in total. The standard InChI is InChI=1S/C14H19NO4/c1-8-11(17)15-14(12(18)19-13(8,14)2)10(16)9-6-4-3-5-7-9/h4,6,8-10,16H,3,5,7H2,1-2H3,(H,15,17)/t8-,9+,10+,13-,14-/m0/s1. The van der Waals surface area contributed by atoms with Gasteiger partial charge in [0.05, 0.1) is 12.0 Å². The molecule has 0 radical (unpaired) electrons. The van der Waals surface area contributed by atoms with Crippen molar-refractivity contribution in [1.82, 2.24) is 5.32 Å². The molecule has 5 heteroatoms. The Labute approximate surface area is 112 Å². The van der Waals surface area contributed by atoms with E-state index in [2.05, 4.69) is 5.32 Å². The summed E-state index contributed by atoms with van der Waals surface area (Å²) in [7, 11) is 0.